The molecule has 0 aliphatic heterocycles. The SMILES string of the molecule is CNC(=O)N/N=C(\C)c1ccccc1O. The molecule has 80 valence electrons. The number of rotatable bonds is 2. The summed E-state index contributed by atoms with van der Waals surface area (Å²) in [6.07, 6.45) is 0. The fourth-order valence-electron chi connectivity index (χ4n) is 1.03. The molecule has 0 fully saturated rings. The third-order valence-corrected chi connectivity index (χ3v) is 1.85. The Morgan fingerprint density at radius 1 is 1.40 bits per heavy atom. The second-order valence-electron chi connectivity index (χ2n) is 2.91. The number of urea groups is 1. The molecule has 0 saturated carbocycles. The second kappa shape index (κ2) is 4.99. The molecule has 5 nitrogen and oxygen atoms in total. The van der Waals surface area contributed by atoms with Crippen LogP contribution in [0.2, 0.25) is 0 Å². The summed E-state index contributed by atoms with van der Waals surface area (Å²) in [6, 6.07) is 6.39. The molecule has 5 heteroatoms. The van der Waals surface area contributed by atoms with Crippen LogP contribution >= 0.6 is 0 Å². The van der Waals surface area contributed by atoms with Crippen LogP contribution in [-0.2, 0) is 0 Å². The molecule has 15 heavy (non-hydrogen) atoms. The molecule has 0 heterocycles. The number of carbonyl (C=O) groups is 1. The summed E-state index contributed by atoms with van der Waals surface area (Å²) in [5.74, 6) is 0.137. The first kappa shape index (κ1) is 11.0. The molecule has 1 rings (SSSR count). The molecular weight excluding hydrogens is 194 g/mol. The van der Waals surface area contributed by atoms with Crippen LogP contribution in [0.15, 0.2) is 29.4 Å². The van der Waals surface area contributed by atoms with Crippen LogP contribution < -0.4 is 10.7 Å². The normalized spacial score (nSPS) is 10.9. The molecule has 0 aromatic heterocycles. The Bertz CT molecular complexity index is 388. The molecule has 1 aromatic rings. The van der Waals surface area contributed by atoms with E-state index in [2.05, 4.69) is 15.8 Å². The molecule has 1 aromatic carbocycles. The van der Waals surface area contributed by atoms with Crippen molar-refractivity contribution in [2.45, 2.75) is 6.92 Å². The van der Waals surface area contributed by atoms with Crippen LogP contribution in [0.4, 0.5) is 4.79 Å². The maximum Gasteiger partial charge on any atom is 0.334 e. The van der Waals surface area contributed by atoms with Crippen LogP contribution in [0.1, 0.15) is 12.5 Å². The predicted molar refractivity (Wildman–Crippen MR) is 57.9 cm³/mol. The number of phenolic OH excluding ortho intramolecular Hbond substituents is 1. The summed E-state index contributed by atoms with van der Waals surface area (Å²) >= 11 is 0. The minimum atomic E-state index is -0.398. The molecule has 0 unspecified atom stereocenters. The molecule has 0 atom stereocenters. The monoisotopic (exact) mass is 207 g/mol. The van der Waals surface area contributed by atoms with Crippen molar-refractivity contribution in [1.29, 1.82) is 0 Å². The van der Waals surface area contributed by atoms with E-state index in [1.807, 2.05) is 0 Å². The lowest BCUT2D eigenvalue weighted by Gasteiger charge is -2.03. The van der Waals surface area contributed by atoms with Gasteiger partial charge in [-0.3, -0.25) is 0 Å². The number of phenols is 1. The highest BCUT2D eigenvalue weighted by molar-refractivity contribution is 6.01. The first-order valence-corrected chi connectivity index (χ1v) is 4.45. The van der Waals surface area contributed by atoms with E-state index in [0.717, 1.165) is 0 Å². The number of hydrogen-bond acceptors (Lipinski definition) is 3. The zero-order valence-electron chi connectivity index (χ0n) is 8.61. The van der Waals surface area contributed by atoms with Gasteiger partial charge in [0.15, 0.2) is 0 Å². The lowest BCUT2D eigenvalue weighted by molar-refractivity contribution is 0.243. The van der Waals surface area contributed by atoms with Gasteiger partial charge in [-0.15, -0.1) is 0 Å². The Morgan fingerprint density at radius 2 is 2.07 bits per heavy atom. The van der Waals surface area contributed by atoms with E-state index in [0.29, 0.717) is 11.3 Å². The average molecular weight is 207 g/mol. The van der Waals surface area contributed by atoms with Gasteiger partial charge >= 0.3 is 6.03 Å². The largest absolute Gasteiger partial charge is 0.507 e. The van der Waals surface area contributed by atoms with Crippen molar-refractivity contribution in [2.24, 2.45) is 5.10 Å². The molecule has 0 bridgehead atoms. The highest BCUT2D eigenvalue weighted by Crippen LogP contribution is 2.15. The minimum absolute atomic E-state index is 0.137. The summed E-state index contributed by atoms with van der Waals surface area (Å²) in [7, 11) is 1.50. The fraction of sp³-hybridized carbons (Fsp3) is 0.200. The van der Waals surface area contributed by atoms with Crippen LogP contribution in [0.5, 0.6) is 5.75 Å². The van der Waals surface area contributed by atoms with E-state index >= 15 is 0 Å². The molecule has 0 aliphatic carbocycles. The average Bonchev–Trinajstić information content (AvgIpc) is 2.26. The standard InChI is InChI=1S/C10H13N3O2/c1-7(12-13-10(15)11-2)8-5-3-4-6-9(8)14/h3-6,14H,1-2H3,(H2,11,13,15)/b12-7+. The van der Waals surface area contributed by atoms with E-state index in [-0.39, 0.29) is 5.75 Å². The van der Waals surface area contributed by atoms with Gasteiger partial charge in [0.2, 0.25) is 0 Å². The van der Waals surface area contributed by atoms with Crippen molar-refractivity contribution >= 4 is 11.7 Å². The van der Waals surface area contributed by atoms with Gasteiger partial charge < -0.3 is 10.4 Å². The van der Waals surface area contributed by atoms with Gasteiger partial charge in [-0.2, -0.15) is 5.10 Å². The predicted octanol–water partition coefficient (Wildman–Crippen LogP) is 1.05. The van der Waals surface area contributed by atoms with E-state index in [4.69, 9.17) is 0 Å². The maximum atomic E-state index is 10.8. The first-order valence-electron chi connectivity index (χ1n) is 4.45. The zero-order valence-corrected chi connectivity index (χ0v) is 8.61. The van der Waals surface area contributed by atoms with Gasteiger partial charge in [-0.1, -0.05) is 12.1 Å². The molecule has 0 saturated heterocycles. The van der Waals surface area contributed by atoms with E-state index in [1.54, 1.807) is 31.2 Å². The highest BCUT2D eigenvalue weighted by Gasteiger charge is 2.03. The van der Waals surface area contributed by atoms with E-state index in [9.17, 15) is 9.90 Å². The van der Waals surface area contributed by atoms with Gasteiger partial charge in [0, 0.05) is 12.6 Å². The number of aromatic hydroxyl groups is 1. The van der Waals surface area contributed by atoms with Crippen LogP contribution in [0, 0.1) is 0 Å². The summed E-state index contributed by atoms with van der Waals surface area (Å²) in [4.78, 5) is 10.8. The van der Waals surface area contributed by atoms with Gasteiger partial charge in [-0.05, 0) is 19.1 Å². The molecule has 0 radical (unpaired) electrons. The Hall–Kier alpha value is -2.04. The molecule has 3 N–H and O–H groups in total. The maximum absolute atomic E-state index is 10.8. The van der Waals surface area contributed by atoms with E-state index < -0.39 is 6.03 Å². The Labute approximate surface area is 87.8 Å². The third kappa shape index (κ3) is 2.98. The van der Waals surface area contributed by atoms with Crippen LogP contribution in [-0.4, -0.2) is 23.9 Å². The van der Waals surface area contributed by atoms with Crippen molar-refractivity contribution in [3.63, 3.8) is 0 Å². The Morgan fingerprint density at radius 3 is 2.67 bits per heavy atom. The minimum Gasteiger partial charge on any atom is -0.507 e. The van der Waals surface area contributed by atoms with Gasteiger partial charge in [-0.25, -0.2) is 10.2 Å². The topological polar surface area (TPSA) is 73.7 Å². The van der Waals surface area contributed by atoms with Crippen LogP contribution in [0.25, 0.3) is 0 Å². The number of hydrazone groups is 1. The van der Waals surface area contributed by atoms with Gasteiger partial charge in [0.1, 0.15) is 5.75 Å². The lowest BCUT2D eigenvalue weighted by Crippen LogP contribution is -2.29. The summed E-state index contributed by atoms with van der Waals surface area (Å²) in [5.41, 5.74) is 3.41. The molecular formula is C10H13N3O2. The number of amides is 2. The highest BCUT2D eigenvalue weighted by atomic mass is 16.3. The van der Waals surface area contributed by atoms with Gasteiger partial charge in [0.05, 0.1) is 5.71 Å². The van der Waals surface area contributed by atoms with Crippen molar-refractivity contribution in [3.8, 4) is 5.75 Å². The second-order valence-corrected chi connectivity index (χ2v) is 2.91. The fourth-order valence-corrected chi connectivity index (χ4v) is 1.03. The Kier molecular flexibility index (Phi) is 3.68. The van der Waals surface area contributed by atoms with Gasteiger partial charge in [0.25, 0.3) is 0 Å². The number of nitrogens with one attached hydrogen (secondary N) is 2. The number of hydrogen-bond donors (Lipinski definition) is 3. The molecule has 0 aliphatic rings. The van der Waals surface area contributed by atoms with E-state index in [1.165, 1.54) is 7.05 Å². The van der Waals surface area contributed by atoms with Crippen molar-refractivity contribution in [3.05, 3.63) is 29.8 Å². The number of benzene rings is 1. The summed E-state index contributed by atoms with van der Waals surface area (Å²) in [6.45, 7) is 1.70. The molecule has 2 amide bonds. The zero-order chi connectivity index (χ0) is 11.3. The number of para-hydroxylation sites is 1. The smallest absolute Gasteiger partial charge is 0.334 e. The first-order chi connectivity index (χ1) is 7.15. The van der Waals surface area contributed by atoms with Crippen molar-refractivity contribution in [1.82, 2.24) is 10.7 Å². The molecule has 0 spiro atoms. The van der Waals surface area contributed by atoms with Crippen LogP contribution in [0.3, 0.4) is 0 Å². The van der Waals surface area contributed by atoms with Crippen molar-refractivity contribution in [2.75, 3.05) is 7.05 Å². The third-order valence-electron chi connectivity index (χ3n) is 1.85. The lowest BCUT2D eigenvalue weighted by atomic mass is 10.1. The number of nitrogens with zero attached hydrogens (tertiary/aromatic N) is 1. The quantitative estimate of drug-likeness (QED) is 0.501. The summed E-state index contributed by atoms with van der Waals surface area (Å²) < 4.78 is 0. The Balaban J connectivity index is 2.80. The van der Waals surface area contributed by atoms with Crippen molar-refractivity contribution < 1.29 is 9.90 Å². The summed E-state index contributed by atoms with van der Waals surface area (Å²) in [5, 5.41) is 15.7. The number of carbonyl (C=O) groups excluding carboxylic acids is 1.